The second kappa shape index (κ2) is 17.7. The molecule has 0 bridgehead atoms. The average molecular weight is 682 g/mol. The van der Waals surface area contributed by atoms with E-state index in [1.165, 1.54) is 18.3 Å². The Bertz CT molecular complexity index is 1530. The van der Waals surface area contributed by atoms with Gasteiger partial charge in [0.05, 0.1) is 20.5 Å². The molecule has 0 spiro atoms. The van der Waals surface area contributed by atoms with Crippen molar-refractivity contribution in [1.82, 2.24) is 30.7 Å². The highest BCUT2D eigenvalue weighted by atomic mass is 32.1. The Balaban J connectivity index is 1.50. The number of nitrogens with two attached hydrogens (primary N) is 1. The molecule has 3 aromatic rings. The van der Waals surface area contributed by atoms with E-state index >= 15 is 0 Å². The van der Waals surface area contributed by atoms with Gasteiger partial charge in [-0.3, -0.25) is 24.9 Å². The molecule has 260 valence electrons. The summed E-state index contributed by atoms with van der Waals surface area (Å²) in [5.74, 6) is -1.11. The van der Waals surface area contributed by atoms with Crippen molar-refractivity contribution in [3.05, 3.63) is 65.2 Å². The number of benzene rings is 1. The molecule has 0 radical (unpaired) electrons. The fourth-order valence-corrected chi connectivity index (χ4v) is 6.61. The molecular formula is C34H51N9O4S+2. The van der Waals surface area contributed by atoms with Gasteiger partial charge in [0.15, 0.2) is 0 Å². The number of anilines is 1. The smallest absolute Gasteiger partial charge is 0.331 e. The van der Waals surface area contributed by atoms with Crippen LogP contribution in [-0.4, -0.2) is 77.9 Å². The van der Waals surface area contributed by atoms with E-state index in [4.69, 9.17) is 5.73 Å². The number of nitrogens with one attached hydrogen (secondary N) is 4. The predicted octanol–water partition coefficient (Wildman–Crippen LogP) is 0.101. The number of rotatable bonds is 16. The lowest BCUT2D eigenvalue weighted by Gasteiger charge is -2.31. The number of imidazole rings is 1. The first-order valence-electron chi connectivity index (χ1n) is 16.6. The first kappa shape index (κ1) is 36.5. The molecule has 1 saturated heterocycles. The molecule has 3 heterocycles. The minimum absolute atomic E-state index is 0.0209. The number of aryl methyl sites for hydroxylation is 1. The van der Waals surface area contributed by atoms with E-state index in [-0.39, 0.29) is 36.6 Å². The minimum atomic E-state index is -0.869. The number of thiazole rings is 1. The zero-order chi connectivity index (χ0) is 34.6. The van der Waals surface area contributed by atoms with Gasteiger partial charge in [0, 0.05) is 31.3 Å². The third-order valence-corrected chi connectivity index (χ3v) is 9.68. The third kappa shape index (κ3) is 11.2. The standard InChI is InChI=1S/C34H49N9O4S/c1-24(44)36-15-9-8-12-29(38-31(45)19-28-22-48-34(35)42(28)4)32(46)39-30(33(47)37-26-13-16-40(2)17-14-26)18-27-21-43(23-41(27)3)20-25-10-6-5-7-11-25/h5-7,10-11,21-23,26,29-30,35H,8-9,12-20H2,1-4H3,(H3-,36,37,38,39,44,45,46,47)/p+2/t29-,30-/m0/s1. The number of carbonyl (C=O) groups is 4. The van der Waals surface area contributed by atoms with E-state index < -0.39 is 18.0 Å². The van der Waals surface area contributed by atoms with E-state index in [2.05, 4.69) is 49.9 Å². The van der Waals surface area contributed by atoms with Crippen molar-refractivity contribution in [1.29, 1.82) is 0 Å². The number of hydrogen-bond donors (Lipinski definition) is 5. The third-order valence-electron chi connectivity index (χ3n) is 8.77. The van der Waals surface area contributed by atoms with Crippen molar-refractivity contribution < 1.29 is 28.3 Å². The number of nitrogen functional groups attached to an aromatic ring is 1. The summed E-state index contributed by atoms with van der Waals surface area (Å²) < 4.78 is 5.78. The van der Waals surface area contributed by atoms with Crippen molar-refractivity contribution in [3.63, 3.8) is 0 Å². The molecule has 6 N–H and O–H groups in total. The second-order valence-electron chi connectivity index (χ2n) is 12.8. The van der Waals surface area contributed by atoms with Crippen LogP contribution >= 0.6 is 11.3 Å². The van der Waals surface area contributed by atoms with E-state index in [0.29, 0.717) is 37.5 Å². The quantitative estimate of drug-likeness (QED) is 0.107. The molecule has 0 aliphatic carbocycles. The normalized spacial score (nSPS) is 15.0. The monoisotopic (exact) mass is 681 g/mol. The number of hydrogen-bond acceptors (Lipinski definition) is 7. The number of unbranched alkanes of at least 4 members (excludes halogenated alkanes) is 1. The molecule has 1 aliphatic heterocycles. The molecule has 1 aliphatic rings. The molecule has 1 aromatic carbocycles. The molecular weight excluding hydrogens is 631 g/mol. The van der Waals surface area contributed by atoms with Crippen LogP contribution in [-0.2, 0) is 52.7 Å². The summed E-state index contributed by atoms with van der Waals surface area (Å²) in [5, 5.41) is 14.3. The van der Waals surface area contributed by atoms with Crippen LogP contribution in [0.15, 0.2) is 48.2 Å². The zero-order valence-corrected chi connectivity index (χ0v) is 29.4. The summed E-state index contributed by atoms with van der Waals surface area (Å²) >= 11 is 1.35. The minimum Gasteiger partial charge on any atom is -0.356 e. The van der Waals surface area contributed by atoms with Gasteiger partial charge in [0.2, 0.25) is 30.0 Å². The van der Waals surface area contributed by atoms with Gasteiger partial charge in [-0.2, -0.15) is 0 Å². The van der Waals surface area contributed by atoms with Gasteiger partial charge in [-0.15, -0.1) is 0 Å². The molecule has 2 aromatic heterocycles. The van der Waals surface area contributed by atoms with E-state index in [9.17, 15) is 19.2 Å². The number of piperidine rings is 1. The van der Waals surface area contributed by atoms with Gasteiger partial charge in [0.25, 0.3) is 0 Å². The van der Waals surface area contributed by atoms with E-state index in [0.717, 1.165) is 42.9 Å². The van der Waals surface area contributed by atoms with Crippen LogP contribution in [0.2, 0.25) is 0 Å². The molecule has 14 heteroatoms. The van der Waals surface area contributed by atoms with Crippen LogP contribution in [0.5, 0.6) is 0 Å². The maximum absolute atomic E-state index is 13.9. The summed E-state index contributed by atoms with van der Waals surface area (Å²) in [4.78, 5) is 54.5. The highest BCUT2D eigenvalue weighted by Crippen LogP contribution is 2.12. The van der Waals surface area contributed by atoms with Crippen molar-refractivity contribution in [2.45, 2.75) is 76.5 Å². The Kier molecular flexibility index (Phi) is 13.5. The first-order chi connectivity index (χ1) is 23.0. The van der Waals surface area contributed by atoms with Gasteiger partial charge in [-0.05, 0) is 57.8 Å². The zero-order valence-electron chi connectivity index (χ0n) is 28.5. The Hall–Kier alpha value is -4.30. The molecule has 13 nitrogen and oxygen atoms in total. The molecule has 2 atom stereocenters. The Labute approximate surface area is 286 Å². The lowest BCUT2D eigenvalue weighted by Crippen LogP contribution is -2.56. The van der Waals surface area contributed by atoms with Crippen LogP contribution in [0.25, 0.3) is 0 Å². The highest BCUT2D eigenvalue weighted by Gasteiger charge is 2.31. The Morgan fingerprint density at radius 3 is 2.42 bits per heavy atom. The fourth-order valence-electron chi connectivity index (χ4n) is 5.84. The average Bonchev–Trinajstić information content (AvgIpc) is 3.56. The maximum Gasteiger partial charge on any atom is 0.331 e. The molecule has 4 amide bonds. The van der Waals surface area contributed by atoms with E-state index in [1.54, 1.807) is 11.6 Å². The summed E-state index contributed by atoms with van der Waals surface area (Å²) in [5.41, 5.74) is 8.74. The molecule has 48 heavy (non-hydrogen) atoms. The number of likely N-dealkylation sites (tertiary alicyclic amines) is 1. The summed E-state index contributed by atoms with van der Waals surface area (Å²) in [7, 11) is 5.79. The maximum atomic E-state index is 13.9. The van der Waals surface area contributed by atoms with Gasteiger partial charge >= 0.3 is 5.13 Å². The Morgan fingerprint density at radius 2 is 1.75 bits per heavy atom. The van der Waals surface area contributed by atoms with Gasteiger partial charge in [-0.25, -0.2) is 13.7 Å². The number of amides is 4. The van der Waals surface area contributed by atoms with Gasteiger partial charge < -0.3 is 26.2 Å². The van der Waals surface area contributed by atoms with Crippen molar-refractivity contribution >= 4 is 40.1 Å². The van der Waals surface area contributed by atoms with Crippen molar-refractivity contribution in [2.24, 2.45) is 14.1 Å². The summed E-state index contributed by atoms with van der Waals surface area (Å²) in [6, 6.07) is 8.42. The van der Waals surface area contributed by atoms with Crippen LogP contribution < -0.4 is 36.1 Å². The number of carbonyl (C=O) groups excluding carboxylic acids is 4. The SMILES string of the molecule is CC(=O)NCCCC[C@H](NC(=O)Cc1csc(N)[n+]1C)C(=O)N[C@@H](Cc1c[n+](Cc2ccccc2)cn1C)C(=O)NC1CCN(C)CC1. The fraction of sp³-hybridized carbons (Fsp3) is 0.529. The lowest BCUT2D eigenvalue weighted by molar-refractivity contribution is -0.688. The van der Waals surface area contributed by atoms with Gasteiger partial charge in [0.1, 0.15) is 36.2 Å². The summed E-state index contributed by atoms with van der Waals surface area (Å²) in [6.07, 6.45) is 7.55. The largest absolute Gasteiger partial charge is 0.356 e. The molecule has 1 fully saturated rings. The van der Waals surface area contributed by atoms with Crippen molar-refractivity contribution in [2.75, 3.05) is 32.4 Å². The molecule has 0 saturated carbocycles. The Morgan fingerprint density at radius 1 is 1.02 bits per heavy atom. The van der Waals surface area contributed by atoms with E-state index in [1.807, 2.05) is 47.7 Å². The van der Waals surface area contributed by atoms with Gasteiger partial charge in [-0.1, -0.05) is 41.7 Å². The van der Waals surface area contributed by atoms with Crippen LogP contribution in [0.3, 0.4) is 0 Å². The van der Waals surface area contributed by atoms with Crippen LogP contribution in [0, 0.1) is 0 Å². The van der Waals surface area contributed by atoms with Crippen LogP contribution in [0.4, 0.5) is 5.13 Å². The molecule has 4 rings (SSSR count). The second-order valence-corrected chi connectivity index (χ2v) is 13.6. The summed E-state index contributed by atoms with van der Waals surface area (Å²) in [6.45, 7) is 4.38. The predicted molar refractivity (Wildman–Crippen MR) is 184 cm³/mol. The topological polar surface area (TPSA) is 158 Å². The number of nitrogens with zero attached hydrogens (tertiary/aromatic N) is 4. The molecule has 0 unspecified atom stereocenters. The van der Waals surface area contributed by atoms with Crippen molar-refractivity contribution in [3.8, 4) is 0 Å². The van der Waals surface area contributed by atoms with Crippen LogP contribution in [0.1, 0.15) is 56.0 Å². The highest BCUT2D eigenvalue weighted by molar-refractivity contribution is 7.13. The number of aromatic nitrogens is 3. The lowest BCUT2D eigenvalue weighted by atomic mass is 10.0. The first-order valence-corrected chi connectivity index (χ1v) is 17.5.